The zero-order valence-corrected chi connectivity index (χ0v) is 13.6. The van der Waals surface area contributed by atoms with Crippen LogP contribution in [0.25, 0.3) is 0 Å². The number of aromatic nitrogens is 2. The molecule has 0 bridgehead atoms. The zero-order valence-electron chi connectivity index (χ0n) is 13.6. The van der Waals surface area contributed by atoms with Gasteiger partial charge in [0.25, 0.3) is 0 Å². The van der Waals surface area contributed by atoms with Crippen LogP contribution in [0.1, 0.15) is 58.2 Å². The molecule has 1 fully saturated rings. The van der Waals surface area contributed by atoms with E-state index < -0.39 is 0 Å². The van der Waals surface area contributed by atoms with Crippen LogP contribution >= 0.6 is 0 Å². The van der Waals surface area contributed by atoms with Gasteiger partial charge in [-0.3, -0.25) is 16.0 Å². The molecule has 1 aromatic heterocycles. The van der Waals surface area contributed by atoms with E-state index in [1.165, 1.54) is 12.8 Å². The molecule has 2 atom stereocenters. The molecule has 1 heterocycles. The first-order valence-corrected chi connectivity index (χ1v) is 8.27. The molecule has 0 spiro atoms. The fourth-order valence-corrected chi connectivity index (χ4v) is 3.02. The van der Waals surface area contributed by atoms with Gasteiger partial charge in [0.2, 0.25) is 0 Å². The Labute approximate surface area is 128 Å². The molecule has 0 aromatic carbocycles. The van der Waals surface area contributed by atoms with Gasteiger partial charge >= 0.3 is 0 Å². The van der Waals surface area contributed by atoms with Crippen LogP contribution < -0.4 is 11.3 Å². The highest BCUT2D eigenvalue weighted by molar-refractivity contribution is 5.02. The topological polar surface area (TPSA) is 65.1 Å². The molecule has 5 nitrogen and oxygen atoms in total. The third-order valence-electron chi connectivity index (χ3n) is 4.61. The number of nitrogens with zero attached hydrogens (tertiary/aromatic N) is 2. The van der Waals surface area contributed by atoms with Crippen molar-refractivity contribution < 1.29 is 4.74 Å². The van der Waals surface area contributed by atoms with Crippen LogP contribution in [-0.2, 0) is 11.2 Å². The number of rotatable bonds is 9. The third kappa shape index (κ3) is 4.53. The van der Waals surface area contributed by atoms with E-state index in [2.05, 4.69) is 48.2 Å². The second-order valence-electron chi connectivity index (χ2n) is 6.26. The van der Waals surface area contributed by atoms with Gasteiger partial charge in [0.15, 0.2) is 0 Å². The van der Waals surface area contributed by atoms with Crippen molar-refractivity contribution in [1.29, 1.82) is 0 Å². The summed E-state index contributed by atoms with van der Waals surface area (Å²) in [5.74, 6) is 6.45. The summed E-state index contributed by atoms with van der Waals surface area (Å²) in [6.45, 7) is 7.26. The van der Waals surface area contributed by atoms with Gasteiger partial charge in [-0.2, -0.15) is 5.10 Å². The standard InChI is InChI=1S/C16H30N4O/c1-4-12(3)20-7-6-14(19-20)11-15(18-17)8-13-9-16(10-13)21-5-2/h6-7,12-13,15-16,18H,4-5,8-11,17H2,1-3H3. The highest BCUT2D eigenvalue weighted by atomic mass is 16.5. The highest BCUT2D eigenvalue weighted by Crippen LogP contribution is 2.33. The predicted molar refractivity (Wildman–Crippen MR) is 84.8 cm³/mol. The van der Waals surface area contributed by atoms with E-state index in [1.807, 2.05) is 0 Å². The molecule has 0 aliphatic heterocycles. The van der Waals surface area contributed by atoms with Gasteiger partial charge in [-0.15, -0.1) is 0 Å². The number of nitrogens with two attached hydrogens (primary N) is 1. The normalized spacial score (nSPS) is 24.6. The maximum atomic E-state index is 5.72. The molecule has 21 heavy (non-hydrogen) atoms. The van der Waals surface area contributed by atoms with E-state index in [9.17, 15) is 0 Å². The lowest BCUT2D eigenvalue weighted by molar-refractivity contribution is -0.0290. The summed E-state index contributed by atoms with van der Waals surface area (Å²) in [5.41, 5.74) is 4.08. The van der Waals surface area contributed by atoms with E-state index in [0.717, 1.165) is 37.5 Å². The molecule has 1 saturated carbocycles. The number of hydrogen-bond acceptors (Lipinski definition) is 4. The quantitative estimate of drug-likeness (QED) is 0.542. The number of ether oxygens (including phenoxy) is 1. The van der Waals surface area contributed by atoms with Gasteiger partial charge < -0.3 is 4.74 Å². The monoisotopic (exact) mass is 294 g/mol. The lowest BCUT2D eigenvalue weighted by Gasteiger charge is -2.36. The minimum atomic E-state index is 0.304. The van der Waals surface area contributed by atoms with Crippen LogP contribution in [0, 0.1) is 5.92 Å². The predicted octanol–water partition coefficient (Wildman–Crippen LogP) is 2.43. The van der Waals surface area contributed by atoms with Crippen molar-refractivity contribution in [2.75, 3.05) is 6.61 Å². The second-order valence-corrected chi connectivity index (χ2v) is 6.26. The minimum absolute atomic E-state index is 0.304. The molecule has 120 valence electrons. The van der Waals surface area contributed by atoms with Gasteiger partial charge in [-0.1, -0.05) is 6.92 Å². The maximum absolute atomic E-state index is 5.72. The summed E-state index contributed by atoms with van der Waals surface area (Å²) in [6.07, 6.45) is 8.00. The molecule has 3 N–H and O–H groups in total. The molecule has 5 heteroatoms. The molecule has 1 aliphatic rings. The SMILES string of the molecule is CCOC1CC(CC(Cc2ccn(C(C)CC)n2)NN)C1. The van der Waals surface area contributed by atoms with E-state index in [1.54, 1.807) is 0 Å². The van der Waals surface area contributed by atoms with Crippen molar-refractivity contribution >= 4 is 0 Å². The molecule has 1 aromatic rings. The maximum Gasteiger partial charge on any atom is 0.0640 e. The van der Waals surface area contributed by atoms with Crippen LogP contribution in [0.5, 0.6) is 0 Å². The smallest absolute Gasteiger partial charge is 0.0640 e. The van der Waals surface area contributed by atoms with Crippen molar-refractivity contribution in [3.8, 4) is 0 Å². The first-order chi connectivity index (χ1) is 10.2. The van der Waals surface area contributed by atoms with Crippen LogP contribution in [0.4, 0.5) is 0 Å². The molecule has 1 aliphatic carbocycles. The summed E-state index contributed by atoms with van der Waals surface area (Å²) >= 11 is 0. The Morgan fingerprint density at radius 3 is 2.86 bits per heavy atom. The average molecular weight is 294 g/mol. The molecular weight excluding hydrogens is 264 g/mol. The van der Waals surface area contributed by atoms with Crippen molar-refractivity contribution in [3.05, 3.63) is 18.0 Å². The second kappa shape index (κ2) is 7.92. The summed E-state index contributed by atoms with van der Waals surface area (Å²) in [6, 6.07) is 2.87. The van der Waals surface area contributed by atoms with Crippen molar-refractivity contribution in [1.82, 2.24) is 15.2 Å². The van der Waals surface area contributed by atoms with Crippen molar-refractivity contribution in [3.63, 3.8) is 0 Å². The summed E-state index contributed by atoms with van der Waals surface area (Å²) in [4.78, 5) is 0. The fourth-order valence-electron chi connectivity index (χ4n) is 3.02. The summed E-state index contributed by atoms with van der Waals surface area (Å²) in [5, 5.41) is 4.66. The number of nitrogens with one attached hydrogen (secondary N) is 1. The average Bonchev–Trinajstić information content (AvgIpc) is 2.91. The Kier molecular flexibility index (Phi) is 6.21. The van der Waals surface area contributed by atoms with Gasteiger partial charge in [0, 0.05) is 31.3 Å². The lowest BCUT2D eigenvalue weighted by atomic mass is 9.77. The number of hydrazine groups is 1. The first-order valence-electron chi connectivity index (χ1n) is 8.27. The van der Waals surface area contributed by atoms with Gasteiger partial charge in [0.05, 0.1) is 11.8 Å². The van der Waals surface area contributed by atoms with Crippen molar-refractivity contribution in [2.24, 2.45) is 11.8 Å². The van der Waals surface area contributed by atoms with Gasteiger partial charge in [0.1, 0.15) is 0 Å². The summed E-state index contributed by atoms with van der Waals surface area (Å²) in [7, 11) is 0. The highest BCUT2D eigenvalue weighted by Gasteiger charge is 2.31. The van der Waals surface area contributed by atoms with E-state index in [-0.39, 0.29) is 0 Å². The molecule has 0 amide bonds. The molecule has 2 rings (SSSR count). The first kappa shape index (κ1) is 16.5. The summed E-state index contributed by atoms with van der Waals surface area (Å²) < 4.78 is 7.67. The fraction of sp³-hybridized carbons (Fsp3) is 0.812. The largest absolute Gasteiger partial charge is 0.378 e. The van der Waals surface area contributed by atoms with Crippen LogP contribution in [-0.4, -0.2) is 28.5 Å². The number of hydrogen-bond donors (Lipinski definition) is 2. The molecular formula is C16H30N4O. The van der Waals surface area contributed by atoms with E-state index in [4.69, 9.17) is 10.6 Å². The Morgan fingerprint density at radius 2 is 2.24 bits per heavy atom. The minimum Gasteiger partial charge on any atom is -0.378 e. The Bertz CT molecular complexity index is 414. The van der Waals surface area contributed by atoms with Crippen LogP contribution in [0.2, 0.25) is 0 Å². The van der Waals surface area contributed by atoms with E-state index >= 15 is 0 Å². The van der Waals surface area contributed by atoms with Crippen LogP contribution in [0.15, 0.2) is 12.3 Å². The lowest BCUT2D eigenvalue weighted by Crippen LogP contribution is -2.42. The zero-order chi connectivity index (χ0) is 15.2. The van der Waals surface area contributed by atoms with E-state index in [0.29, 0.717) is 18.2 Å². The molecule has 0 saturated heterocycles. The molecule has 0 radical (unpaired) electrons. The van der Waals surface area contributed by atoms with Gasteiger partial charge in [-0.25, -0.2) is 0 Å². The van der Waals surface area contributed by atoms with Crippen LogP contribution in [0.3, 0.4) is 0 Å². The Balaban J connectivity index is 1.78. The Morgan fingerprint density at radius 1 is 1.48 bits per heavy atom. The van der Waals surface area contributed by atoms with Crippen molar-refractivity contribution in [2.45, 2.75) is 71.1 Å². The Hall–Kier alpha value is -0.910. The molecule has 2 unspecified atom stereocenters. The van der Waals surface area contributed by atoms with Gasteiger partial charge in [-0.05, 0) is 51.5 Å². The third-order valence-corrected chi connectivity index (χ3v) is 4.61.